The third-order valence-corrected chi connectivity index (χ3v) is 0.433. The molecule has 1 aliphatic rings. The Kier molecular flexibility index (Phi) is 2.20. The van der Waals surface area contributed by atoms with E-state index in [4.69, 9.17) is 0 Å². The average molecular weight is 78.0 g/mol. The van der Waals surface area contributed by atoms with Crippen molar-refractivity contribution in [3.63, 3.8) is 0 Å². The Morgan fingerprint density at radius 2 is 1.50 bits per heavy atom. The van der Waals surface area contributed by atoms with E-state index >= 15 is 0 Å². The fourth-order valence-electron chi connectivity index (χ4n) is 0. The Hall–Kier alpha value is 0.625. The Morgan fingerprint density at radius 3 is 1.50 bits per heavy atom. The van der Waals surface area contributed by atoms with Crippen molar-refractivity contribution in [2.24, 2.45) is 0 Å². The van der Waals surface area contributed by atoms with Gasteiger partial charge in [0, 0.05) is 17.4 Å². The molecule has 4 heavy (non-hydrogen) atoms. The van der Waals surface area contributed by atoms with E-state index in [0.29, 0.717) is 15.2 Å². The fraction of sp³-hybridized carbons (Fsp3) is 0. The van der Waals surface area contributed by atoms with Crippen LogP contribution in [0.25, 0.3) is 0 Å². The van der Waals surface area contributed by atoms with Gasteiger partial charge in [-0.05, 0) is 0 Å². The van der Waals surface area contributed by atoms with Gasteiger partial charge in [-0.3, -0.25) is 0 Å². The highest BCUT2D eigenvalue weighted by Gasteiger charge is 1.81. The first-order valence-corrected chi connectivity index (χ1v) is 1.98. The molecule has 0 bridgehead atoms. The van der Waals surface area contributed by atoms with Crippen LogP contribution in [0, 0.1) is 9.56 Å². The zero-order chi connectivity index (χ0) is 2.12. The summed E-state index contributed by atoms with van der Waals surface area (Å²) < 4.78 is 0. The molecule has 0 unspecified atom stereocenters. The highest BCUT2D eigenvalue weighted by Crippen LogP contribution is 1.59. The van der Waals surface area contributed by atoms with Crippen molar-refractivity contribution in [1.29, 1.82) is 0 Å². The van der Waals surface area contributed by atoms with Crippen molar-refractivity contribution in [3.8, 4) is 9.56 Å². The van der Waals surface area contributed by atoms with Crippen molar-refractivity contribution in [2.75, 3.05) is 0 Å². The SMILES string of the molecule is [Al].[C]1#[C][Al]1. The minimum atomic E-state index is 0. The molecule has 0 aromatic rings. The molecule has 0 aromatic heterocycles. The number of hydrogen-bond acceptors (Lipinski definition) is 0. The molecule has 0 atom stereocenters. The molecule has 0 aromatic carbocycles. The van der Waals surface area contributed by atoms with Crippen LogP contribution in [0.4, 0.5) is 0 Å². The van der Waals surface area contributed by atoms with Crippen LogP contribution in [-0.2, 0) is 0 Å². The van der Waals surface area contributed by atoms with Crippen LogP contribution in [0.5, 0.6) is 0 Å². The summed E-state index contributed by atoms with van der Waals surface area (Å²) in [6.07, 6.45) is 0. The number of hydrogen-bond donors (Lipinski definition) is 0. The quantitative estimate of drug-likeness (QED) is 0.264. The molecule has 0 N–H and O–H groups in total. The van der Waals surface area contributed by atoms with Crippen LogP contribution in [0.15, 0.2) is 0 Å². The first-order chi connectivity index (χ1) is 1.50. The van der Waals surface area contributed by atoms with Crippen LogP contribution < -0.4 is 0 Å². The molecule has 0 spiro atoms. The average Bonchev–Trinajstić information content (AvgIpc) is 1.46. The maximum absolute atomic E-state index is 2.83. The normalized spacial score (nSPS) is 8.00. The van der Waals surface area contributed by atoms with Gasteiger partial charge in [-0.25, -0.2) is 9.56 Å². The van der Waals surface area contributed by atoms with Gasteiger partial charge in [0.25, 0.3) is 0 Å². The van der Waals surface area contributed by atoms with E-state index in [-0.39, 0.29) is 17.4 Å². The van der Waals surface area contributed by atoms with Gasteiger partial charge < -0.3 is 0 Å². The van der Waals surface area contributed by atoms with Gasteiger partial charge in [-0.1, -0.05) is 0 Å². The molecule has 0 amide bonds. The molecule has 0 saturated carbocycles. The Labute approximate surface area is 42.4 Å². The van der Waals surface area contributed by atoms with Gasteiger partial charge >= 0.3 is 15.2 Å². The third kappa shape index (κ3) is 2.62. The van der Waals surface area contributed by atoms with Gasteiger partial charge in [0.05, 0.1) is 0 Å². The molecule has 2 heteroatoms. The smallest absolute Gasteiger partial charge is 0.220 e. The Bertz CT molecular complexity index is 50.2. The summed E-state index contributed by atoms with van der Waals surface area (Å²) in [5.74, 6) is 0. The van der Waals surface area contributed by atoms with Crippen molar-refractivity contribution in [2.45, 2.75) is 0 Å². The van der Waals surface area contributed by atoms with Crippen LogP contribution >= 0.6 is 0 Å². The predicted molar refractivity (Wildman–Crippen MR) is 19.3 cm³/mol. The lowest BCUT2D eigenvalue weighted by atomic mass is 11.4. The van der Waals surface area contributed by atoms with E-state index in [2.05, 4.69) is 9.56 Å². The molecular weight excluding hydrogens is 78.0 g/mol. The molecule has 4 radical (unpaired) electrons. The van der Waals surface area contributed by atoms with Gasteiger partial charge in [0.2, 0.25) is 0 Å². The standard InChI is InChI=1S/C2.2Al/c1-2;;. The van der Waals surface area contributed by atoms with Crippen LogP contribution in [0.3, 0.4) is 0 Å². The zero-order valence-electron chi connectivity index (χ0n) is 2.15. The third-order valence-electron chi connectivity index (χ3n) is 0.144. The van der Waals surface area contributed by atoms with Gasteiger partial charge in [-0.2, -0.15) is 0 Å². The van der Waals surface area contributed by atoms with Crippen molar-refractivity contribution >= 4 is 32.6 Å². The van der Waals surface area contributed by atoms with E-state index in [1.165, 1.54) is 0 Å². The summed E-state index contributed by atoms with van der Waals surface area (Å²) in [5, 5.41) is 0. The Balaban J connectivity index is 0.0000000900. The lowest BCUT2D eigenvalue weighted by molar-refractivity contribution is 3.31. The molecule has 14 valence electrons. The van der Waals surface area contributed by atoms with E-state index in [9.17, 15) is 0 Å². The summed E-state index contributed by atoms with van der Waals surface area (Å²) in [6.45, 7) is 0. The molecule has 1 rings (SSSR count). The topological polar surface area (TPSA) is 0 Å². The fourth-order valence-corrected chi connectivity index (χ4v) is 0. The predicted octanol–water partition coefficient (Wildman–Crippen LogP) is -0.758. The number of rotatable bonds is 0. The largest absolute Gasteiger partial charge is 0.439 e. The zero-order valence-corrected chi connectivity index (χ0v) is 4.46. The molecule has 1 aliphatic heterocycles. The summed E-state index contributed by atoms with van der Waals surface area (Å²) >= 11 is 0.500. The summed E-state index contributed by atoms with van der Waals surface area (Å²) in [5.41, 5.74) is 0. The minimum Gasteiger partial charge on any atom is -0.220 e. The van der Waals surface area contributed by atoms with Gasteiger partial charge in [0.1, 0.15) is 0 Å². The second-order valence-corrected chi connectivity index (χ2v) is 1.30. The van der Waals surface area contributed by atoms with Crippen molar-refractivity contribution in [1.82, 2.24) is 0 Å². The molecule has 0 nitrogen and oxygen atoms in total. The second-order valence-electron chi connectivity index (χ2n) is 0.433. The highest BCUT2D eigenvalue weighted by atomic mass is 27.1. The monoisotopic (exact) mass is 78.0 g/mol. The van der Waals surface area contributed by atoms with Crippen molar-refractivity contribution < 1.29 is 0 Å². The van der Waals surface area contributed by atoms with Crippen LogP contribution in [0.2, 0.25) is 0 Å². The van der Waals surface area contributed by atoms with Gasteiger partial charge in [-0.15, -0.1) is 0 Å². The maximum Gasteiger partial charge on any atom is 0.439 e. The first kappa shape index (κ1) is 4.62. The minimum absolute atomic E-state index is 0. The molecule has 1 heterocycles. The lowest BCUT2D eigenvalue weighted by Gasteiger charge is -1.02. The highest BCUT2D eigenvalue weighted by molar-refractivity contribution is 6.66. The molecular formula is C2Al2. The first-order valence-electron chi connectivity index (χ1n) is 0.827. The van der Waals surface area contributed by atoms with Crippen molar-refractivity contribution in [3.05, 3.63) is 0 Å². The second kappa shape index (κ2) is 1.90. The van der Waals surface area contributed by atoms with E-state index in [0.717, 1.165) is 0 Å². The maximum atomic E-state index is 2.83. The van der Waals surface area contributed by atoms with E-state index in [1.807, 2.05) is 0 Å². The summed E-state index contributed by atoms with van der Waals surface area (Å²) in [6, 6.07) is 0. The molecule has 0 fully saturated rings. The van der Waals surface area contributed by atoms with Gasteiger partial charge in [0.15, 0.2) is 0 Å². The molecule has 0 aliphatic carbocycles. The van der Waals surface area contributed by atoms with Crippen LogP contribution in [-0.4, -0.2) is 32.6 Å². The summed E-state index contributed by atoms with van der Waals surface area (Å²) in [7, 11) is 0. The van der Waals surface area contributed by atoms with E-state index in [1.54, 1.807) is 0 Å². The molecule has 0 saturated heterocycles. The van der Waals surface area contributed by atoms with Crippen LogP contribution in [0.1, 0.15) is 0 Å². The Morgan fingerprint density at radius 1 is 1.25 bits per heavy atom. The lowest BCUT2D eigenvalue weighted by Crippen LogP contribution is -1.39. The van der Waals surface area contributed by atoms with E-state index < -0.39 is 0 Å². The summed E-state index contributed by atoms with van der Waals surface area (Å²) in [4.78, 5) is 5.67.